The van der Waals surface area contributed by atoms with E-state index in [1.54, 1.807) is 24.1 Å². The van der Waals surface area contributed by atoms with Crippen molar-refractivity contribution in [2.24, 2.45) is 0 Å². The summed E-state index contributed by atoms with van der Waals surface area (Å²) in [5, 5.41) is 9.67. The highest BCUT2D eigenvalue weighted by atomic mass is 32.2. The van der Waals surface area contributed by atoms with Crippen LogP contribution in [0.25, 0.3) is 0 Å². The molecule has 2 aromatic carbocycles. The van der Waals surface area contributed by atoms with Gasteiger partial charge in [-0.25, -0.2) is 13.1 Å². The van der Waals surface area contributed by atoms with Crippen LogP contribution < -0.4 is 9.62 Å². The fourth-order valence-electron chi connectivity index (χ4n) is 3.57. The summed E-state index contributed by atoms with van der Waals surface area (Å²) >= 11 is 0. The van der Waals surface area contributed by atoms with Crippen LogP contribution in [-0.2, 0) is 26.7 Å². The summed E-state index contributed by atoms with van der Waals surface area (Å²) in [5.74, 6) is 0.00874. The molecule has 0 bridgehead atoms. The zero-order valence-electron chi connectivity index (χ0n) is 16.3. The maximum Gasteiger partial charge on any atom is 0.240 e. The molecule has 3 rings (SSSR count). The predicted octanol–water partition coefficient (Wildman–Crippen LogP) is 2.21. The normalized spacial score (nSPS) is 17.3. The first-order valence-corrected chi connectivity index (χ1v) is 10.7. The van der Waals surface area contributed by atoms with Crippen LogP contribution in [0.2, 0.25) is 0 Å². The van der Waals surface area contributed by atoms with E-state index in [1.165, 1.54) is 6.07 Å². The van der Waals surface area contributed by atoms with E-state index in [0.29, 0.717) is 12.8 Å². The fraction of sp³-hybridized carbons (Fsp3) is 0.381. The van der Waals surface area contributed by atoms with E-state index in [9.17, 15) is 18.3 Å². The maximum absolute atomic E-state index is 12.9. The lowest BCUT2D eigenvalue weighted by atomic mass is 9.77. The van der Waals surface area contributed by atoms with Crippen LogP contribution in [0.5, 0.6) is 0 Å². The van der Waals surface area contributed by atoms with E-state index in [-0.39, 0.29) is 17.4 Å². The third-order valence-electron chi connectivity index (χ3n) is 5.20. The number of benzene rings is 2. The second-order valence-electron chi connectivity index (χ2n) is 7.88. The number of nitrogens with zero attached hydrogens (tertiary/aromatic N) is 1. The van der Waals surface area contributed by atoms with Gasteiger partial charge in [-0.1, -0.05) is 44.2 Å². The van der Waals surface area contributed by atoms with Crippen molar-refractivity contribution in [3.63, 3.8) is 0 Å². The molecule has 0 saturated carbocycles. The molecular formula is C21H26N2O4S. The highest BCUT2D eigenvalue weighted by Crippen LogP contribution is 2.40. The number of hydrogen-bond acceptors (Lipinski definition) is 4. The quantitative estimate of drug-likeness (QED) is 0.776. The summed E-state index contributed by atoms with van der Waals surface area (Å²) in [6.45, 7) is 3.57. The second-order valence-corrected chi connectivity index (χ2v) is 9.60. The van der Waals surface area contributed by atoms with Gasteiger partial charge in [0.15, 0.2) is 0 Å². The van der Waals surface area contributed by atoms with Gasteiger partial charge < -0.3 is 10.0 Å². The van der Waals surface area contributed by atoms with Crippen LogP contribution in [0.4, 0.5) is 5.69 Å². The van der Waals surface area contributed by atoms with Gasteiger partial charge in [0, 0.05) is 30.6 Å². The van der Waals surface area contributed by atoms with Gasteiger partial charge in [-0.05, 0) is 35.7 Å². The van der Waals surface area contributed by atoms with E-state index in [1.807, 2.05) is 44.2 Å². The lowest BCUT2D eigenvalue weighted by Crippen LogP contribution is -2.41. The number of anilines is 1. The molecule has 1 amide bonds. The van der Waals surface area contributed by atoms with Gasteiger partial charge in [0.25, 0.3) is 0 Å². The second kappa shape index (κ2) is 7.66. The smallest absolute Gasteiger partial charge is 0.240 e. The molecule has 0 radical (unpaired) electrons. The summed E-state index contributed by atoms with van der Waals surface area (Å²) in [7, 11) is -2.12. The molecule has 2 N–H and O–H groups in total. The van der Waals surface area contributed by atoms with Crippen molar-refractivity contribution in [2.45, 2.75) is 43.0 Å². The Morgan fingerprint density at radius 1 is 1.18 bits per heavy atom. The molecule has 1 heterocycles. The number of aliphatic hydroxyl groups is 1. The Labute approximate surface area is 166 Å². The number of carbonyl (C=O) groups excluding carboxylic acids is 1. The van der Waals surface area contributed by atoms with E-state index in [0.717, 1.165) is 16.8 Å². The largest absolute Gasteiger partial charge is 0.395 e. The van der Waals surface area contributed by atoms with Crippen LogP contribution >= 0.6 is 0 Å². The number of carbonyl (C=O) groups is 1. The Morgan fingerprint density at radius 2 is 1.86 bits per heavy atom. The Bertz CT molecular complexity index is 971. The molecule has 1 atom stereocenters. The lowest BCUT2D eigenvalue weighted by Gasteiger charge is -2.37. The Balaban J connectivity index is 1.89. The highest BCUT2D eigenvalue weighted by molar-refractivity contribution is 7.89. The molecule has 150 valence electrons. The van der Waals surface area contributed by atoms with Crippen molar-refractivity contribution in [1.29, 1.82) is 0 Å². The maximum atomic E-state index is 12.9. The van der Waals surface area contributed by atoms with Gasteiger partial charge in [0.05, 0.1) is 11.5 Å². The van der Waals surface area contributed by atoms with Crippen molar-refractivity contribution in [1.82, 2.24) is 4.72 Å². The van der Waals surface area contributed by atoms with E-state index in [2.05, 4.69) is 4.72 Å². The molecule has 1 aliphatic rings. The zero-order valence-corrected chi connectivity index (χ0v) is 17.2. The van der Waals surface area contributed by atoms with Gasteiger partial charge in [-0.2, -0.15) is 0 Å². The molecule has 1 aliphatic heterocycles. The number of hydrogen-bond donors (Lipinski definition) is 2. The molecule has 1 unspecified atom stereocenters. The molecule has 6 nitrogen and oxygen atoms in total. The third-order valence-corrected chi connectivity index (χ3v) is 6.72. The van der Waals surface area contributed by atoms with Crippen LogP contribution in [0, 0.1) is 0 Å². The van der Waals surface area contributed by atoms with Crippen LogP contribution in [0.3, 0.4) is 0 Å². The minimum atomic E-state index is -3.82. The summed E-state index contributed by atoms with van der Waals surface area (Å²) in [4.78, 5) is 13.9. The lowest BCUT2D eigenvalue weighted by molar-refractivity contribution is -0.119. The molecular weight excluding hydrogens is 376 g/mol. The van der Waals surface area contributed by atoms with Gasteiger partial charge in [0.1, 0.15) is 0 Å². The highest BCUT2D eigenvalue weighted by Gasteiger charge is 2.36. The number of sulfonamides is 1. The first kappa shape index (κ1) is 20.5. The van der Waals surface area contributed by atoms with Gasteiger partial charge in [-0.15, -0.1) is 0 Å². The van der Waals surface area contributed by atoms with Crippen molar-refractivity contribution in [3.8, 4) is 0 Å². The molecule has 28 heavy (non-hydrogen) atoms. The van der Waals surface area contributed by atoms with Gasteiger partial charge in [-0.3, -0.25) is 4.79 Å². The Morgan fingerprint density at radius 3 is 2.50 bits per heavy atom. The molecule has 0 saturated heterocycles. The molecule has 2 aromatic rings. The number of fused-ring (bicyclic) bond motifs is 1. The number of nitrogens with one attached hydrogen (secondary N) is 1. The van der Waals surface area contributed by atoms with Crippen LogP contribution in [0.15, 0.2) is 53.4 Å². The first-order chi connectivity index (χ1) is 13.1. The topological polar surface area (TPSA) is 86.7 Å². The van der Waals surface area contributed by atoms with Gasteiger partial charge >= 0.3 is 0 Å². The van der Waals surface area contributed by atoms with Gasteiger partial charge in [0.2, 0.25) is 15.9 Å². The van der Waals surface area contributed by atoms with E-state index in [4.69, 9.17) is 0 Å². The zero-order chi connectivity index (χ0) is 20.5. The monoisotopic (exact) mass is 402 g/mol. The Hall–Kier alpha value is -2.22. The predicted molar refractivity (Wildman–Crippen MR) is 109 cm³/mol. The molecule has 0 fully saturated rings. The number of amides is 1. The minimum absolute atomic E-state index is 0.00874. The average molecular weight is 403 g/mol. The fourth-order valence-corrected chi connectivity index (χ4v) is 4.83. The molecule has 0 spiro atoms. The average Bonchev–Trinajstić information content (AvgIpc) is 2.65. The summed E-state index contributed by atoms with van der Waals surface area (Å²) in [6.07, 6.45) is 0.713. The minimum Gasteiger partial charge on any atom is -0.395 e. The van der Waals surface area contributed by atoms with E-state index >= 15 is 0 Å². The van der Waals surface area contributed by atoms with Crippen LogP contribution in [0.1, 0.15) is 31.4 Å². The summed E-state index contributed by atoms with van der Waals surface area (Å²) in [5.41, 5.74) is 2.03. The first-order valence-electron chi connectivity index (χ1n) is 9.22. The molecule has 0 aromatic heterocycles. The molecule has 0 aliphatic carbocycles. The summed E-state index contributed by atoms with van der Waals surface area (Å²) in [6, 6.07) is 13.6. The van der Waals surface area contributed by atoms with Crippen molar-refractivity contribution in [3.05, 3.63) is 59.7 Å². The van der Waals surface area contributed by atoms with Crippen molar-refractivity contribution < 1.29 is 18.3 Å². The van der Waals surface area contributed by atoms with Crippen molar-refractivity contribution in [2.75, 3.05) is 18.6 Å². The van der Waals surface area contributed by atoms with E-state index < -0.39 is 21.5 Å². The summed E-state index contributed by atoms with van der Waals surface area (Å²) < 4.78 is 28.5. The Kier molecular flexibility index (Phi) is 5.61. The standard InChI is InChI=1S/C21H26N2O4S/c1-21(2)13-20(25)23(3)19-10-9-17(12-18(19)21)28(26,27)22-16(14-24)11-15-7-5-4-6-8-15/h4-10,12,16,22,24H,11,13-14H2,1-3H3. The molecule has 7 heteroatoms. The third kappa shape index (κ3) is 4.11. The SMILES string of the molecule is CN1C(=O)CC(C)(C)c2cc(S(=O)(=O)NC(CO)Cc3ccccc3)ccc21. The number of rotatable bonds is 6. The van der Waals surface area contributed by atoms with Crippen molar-refractivity contribution >= 4 is 21.6 Å². The number of aliphatic hydroxyl groups excluding tert-OH is 1. The van der Waals surface area contributed by atoms with Crippen LogP contribution in [-0.4, -0.2) is 39.1 Å².